The fourth-order valence-corrected chi connectivity index (χ4v) is 2.13. The number of carbonyl (C=O) groups is 1. The molecule has 0 saturated heterocycles. The van der Waals surface area contributed by atoms with E-state index in [0.29, 0.717) is 11.3 Å². The van der Waals surface area contributed by atoms with Crippen molar-refractivity contribution in [2.24, 2.45) is 5.10 Å². The number of nitrogens with one attached hydrogen (secondary N) is 1. The molecule has 7 nitrogen and oxygen atoms in total. The molecule has 124 valence electrons. The Morgan fingerprint density at radius 1 is 1.25 bits per heavy atom. The van der Waals surface area contributed by atoms with Gasteiger partial charge in [0, 0.05) is 6.07 Å². The minimum atomic E-state index is -0.508. The molecule has 0 aromatic heterocycles. The second-order valence-corrected chi connectivity index (χ2v) is 5.22. The van der Waals surface area contributed by atoms with Crippen LogP contribution in [-0.4, -0.2) is 23.7 Å². The van der Waals surface area contributed by atoms with Crippen LogP contribution in [0.3, 0.4) is 0 Å². The van der Waals surface area contributed by atoms with E-state index in [2.05, 4.69) is 10.5 Å². The molecule has 0 radical (unpaired) electrons. The van der Waals surface area contributed by atoms with Crippen LogP contribution in [0.2, 0.25) is 0 Å². The Balaban J connectivity index is 1.90. The smallest absolute Gasteiger partial charge is 0.278 e. The average molecular weight is 327 g/mol. The fourth-order valence-electron chi connectivity index (χ4n) is 2.13. The predicted octanol–water partition coefficient (Wildman–Crippen LogP) is 2.74. The lowest BCUT2D eigenvalue weighted by Crippen LogP contribution is -2.24. The summed E-state index contributed by atoms with van der Waals surface area (Å²) in [6, 6.07) is 11.8. The van der Waals surface area contributed by atoms with Crippen LogP contribution in [-0.2, 0) is 4.79 Å². The Labute approximate surface area is 139 Å². The zero-order chi connectivity index (χ0) is 17.5. The molecule has 2 aromatic carbocycles. The first kappa shape index (κ1) is 17.1. The monoisotopic (exact) mass is 327 g/mol. The van der Waals surface area contributed by atoms with Gasteiger partial charge in [-0.05, 0) is 43.2 Å². The first-order chi connectivity index (χ1) is 11.5. The second-order valence-electron chi connectivity index (χ2n) is 5.22. The zero-order valence-corrected chi connectivity index (χ0v) is 13.4. The summed E-state index contributed by atoms with van der Waals surface area (Å²) in [6.07, 6.45) is 1.23. The van der Waals surface area contributed by atoms with E-state index in [1.54, 1.807) is 18.2 Å². The van der Waals surface area contributed by atoms with Crippen LogP contribution in [0.5, 0.6) is 5.75 Å². The number of hydrazone groups is 1. The van der Waals surface area contributed by atoms with Gasteiger partial charge >= 0.3 is 0 Å². The number of nitrogens with zero attached hydrogens (tertiary/aromatic N) is 2. The Hall–Kier alpha value is -3.22. The van der Waals surface area contributed by atoms with E-state index >= 15 is 0 Å². The van der Waals surface area contributed by atoms with Crippen molar-refractivity contribution in [3.8, 4) is 5.75 Å². The van der Waals surface area contributed by atoms with Crippen molar-refractivity contribution in [1.29, 1.82) is 0 Å². The van der Waals surface area contributed by atoms with Crippen LogP contribution in [0.25, 0.3) is 0 Å². The Morgan fingerprint density at radius 2 is 1.92 bits per heavy atom. The van der Waals surface area contributed by atoms with Crippen LogP contribution in [0, 0.1) is 24.0 Å². The van der Waals surface area contributed by atoms with Gasteiger partial charge in [0.2, 0.25) is 0 Å². The maximum Gasteiger partial charge on any atom is 0.278 e. The molecular formula is C17H17N3O4. The van der Waals surface area contributed by atoms with Crippen LogP contribution in [0.1, 0.15) is 16.7 Å². The van der Waals surface area contributed by atoms with E-state index < -0.39 is 10.8 Å². The van der Waals surface area contributed by atoms with Crippen molar-refractivity contribution in [3.63, 3.8) is 0 Å². The van der Waals surface area contributed by atoms with Crippen molar-refractivity contribution in [1.82, 2.24) is 5.43 Å². The van der Waals surface area contributed by atoms with Gasteiger partial charge < -0.3 is 4.74 Å². The summed E-state index contributed by atoms with van der Waals surface area (Å²) in [6.45, 7) is 3.69. The van der Waals surface area contributed by atoms with Gasteiger partial charge in [-0.25, -0.2) is 5.43 Å². The van der Waals surface area contributed by atoms with E-state index in [1.807, 2.05) is 32.0 Å². The maximum absolute atomic E-state index is 11.7. The van der Waals surface area contributed by atoms with Crippen LogP contribution in [0.15, 0.2) is 47.6 Å². The third kappa shape index (κ3) is 4.91. The van der Waals surface area contributed by atoms with Gasteiger partial charge in [-0.15, -0.1) is 0 Å². The minimum absolute atomic E-state index is 0.0815. The number of benzene rings is 2. The molecule has 24 heavy (non-hydrogen) atoms. The molecule has 1 amide bonds. The molecule has 1 N–H and O–H groups in total. The van der Waals surface area contributed by atoms with Crippen molar-refractivity contribution in [3.05, 3.63) is 69.3 Å². The summed E-state index contributed by atoms with van der Waals surface area (Å²) >= 11 is 0. The number of hydrogen-bond donors (Lipinski definition) is 1. The predicted molar refractivity (Wildman–Crippen MR) is 90.2 cm³/mol. The molecule has 0 aliphatic rings. The van der Waals surface area contributed by atoms with Crippen LogP contribution < -0.4 is 10.2 Å². The normalized spacial score (nSPS) is 10.6. The molecule has 0 aliphatic carbocycles. The molecule has 0 atom stereocenters. The average Bonchev–Trinajstić information content (AvgIpc) is 2.52. The number of nitro benzene ring substituents is 1. The van der Waals surface area contributed by atoms with E-state index in [-0.39, 0.29) is 12.3 Å². The molecular weight excluding hydrogens is 310 g/mol. The lowest BCUT2D eigenvalue weighted by molar-refractivity contribution is -0.385. The highest BCUT2D eigenvalue weighted by Crippen LogP contribution is 2.16. The van der Waals surface area contributed by atoms with Crippen molar-refractivity contribution >= 4 is 17.8 Å². The van der Waals surface area contributed by atoms with E-state index in [0.717, 1.165) is 11.1 Å². The summed E-state index contributed by atoms with van der Waals surface area (Å²) in [5.41, 5.74) is 4.58. The van der Waals surface area contributed by atoms with Gasteiger partial charge in [0.05, 0.1) is 16.7 Å². The summed E-state index contributed by atoms with van der Waals surface area (Å²) < 4.78 is 5.40. The summed E-state index contributed by atoms with van der Waals surface area (Å²) in [4.78, 5) is 22.1. The molecule has 0 spiro atoms. The summed E-state index contributed by atoms with van der Waals surface area (Å²) in [5, 5.41) is 14.6. The third-order valence-corrected chi connectivity index (χ3v) is 3.09. The molecule has 0 heterocycles. The quantitative estimate of drug-likeness (QED) is 0.501. The van der Waals surface area contributed by atoms with Gasteiger partial charge in [-0.2, -0.15) is 5.10 Å². The molecule has 0 fully saturated rings. The molecule has 0 bridgehead atoms. The zero-order valence-electron chi connectivity index (χ0n) is 13.4. The molecule has 0 unspecified atom stereocenters. The molecule has 0 saturated carbocycles. The molecule has 2 aromatic rings. The summed E-state index contributed by atoms with van der Waals surface area (Å²) in [5.74, 6) is 0.148. The molecule has 0 aliphatic heterocycles. The third-order valence-electron chi connectivity index (χ3n) is 3.09. The highest BCUT2D eigenvalue weighted by molar-refractivity contribution is 5.86. The molecule has 7 heteroatoms. The number of ether oxygens (including phenoxy) is 1. The Morgan fingerprint density at radius 3 is 2.58 bits per heavy atom. The Kier molecular flexibility index (Phi) is 5.62. The number of carbonyl (C=O) groups excluding carboxylic acids is 1. The summed E-state index contributed by atoms with van der Waals surface area (Å²) in [7, 11) is 0. The topological polar surface area (TPSA) is 93.8 Å². The van der Waals surface area contributed by atoms with E-state index in [9.17, 15) is 14.9 Å². The Bertz CT molecular complexity index is 767. The first-order valence-corrected chi connectivity index (χ1v) is 7.22. The van der Waals surface area contributed by atoms with Crippen LogP contribution >= 0.6 is 0 Å². The molecule has 2 rings (SSSR count). The largest absolute Gasteiger partial charge is 0.484 e. The van der Waals surface area contributed by atoms with Gasteiger partial charge in [0.25, 0.3) is 11.6 Å². The number of amides is 1. The highest BCUT2D eigenvalue weighted by atomic mass is 16.6. The SMILES string of the molecule is Cc1cc(C)cc(OCC(=O)N/N=C/c2ccccc2[N+](=O)[O-])c1. The number of rotatable bonds is 6. The van der Waals surface area contributed by atoms with Crippen LogP contribution in [0.4, 0.5) is 5.69 Å². The van der Waals surface area contributed by atoms with E-state index in [4.69, 9.17) is 4.74 Å². The lowest BCUT2D eigenvalue weighted by atomic mass is 10.1. The van der Waals surface area contributed by atoms with E-state index in [1.165, 1.54) is 12.3 Å². The van der Waals surface area contributed by atoms with Crippen molar-refractivity contribution in [2.75, 3.05) is 6.61 Å². The minimum Gasteiger partial charge on any atom is -0.484 e. The van der Waals surface area contributed by atoms with Crippen molar-refractivity contribution in [2.45, 2.75) is 13.8 Å². The lowest BCUT2D eigenvalue weighted by Gasteiger charge is -2.07. The van der Waals surface area contributed by atoms with Gasteiger partial charge in [0.1, 0.15) is 5.75 Å². The number of nitro groups is 1. The first-order valence-electron chi connectivity index (χ1n) is 7.22. The number of hydrogen-bond acceptors (Lipinski definition) is 5. The fraction of sp³-hybridized carbons (Fsp3) is 0.176. The van der Waals surface area contributed by atoms with Gasteiger partial charge in [0.15, 0.2) is 6.61 Å². The standard InChI is InChI=1S/C17H17N3O4/c1-12-7-13(2)9-15(8-12)24-11-17(21)19-18-10-14-5-3-4-6-16(14)20(22)23/h3-10H,11H2,1-2H3,(H,19,21)/b18-10+. The maximum atomic E-state index is 11.7. The number of aryl methyl sites for hydroxylation is 2. The van der Waals surface area contributed by atoms with Gasteiger partial charge in [-0.1, -0.05) is 18.2 Å². The van der Waals surface area contributed by atoms with Crippen molar-refractivity contribution < 1.29 is 14.5 Å². The number of para-hydroxylation sites is 1. The van der Waals surface area contributed by atoms with Gasteiger partial charge in [-0.3, -0.25) is 14.9 Å². The second kappa shape index (κ2) is 7.87. The highest BCUT2D eigenvalue weighted by Gasteiger charge is 2.10.